The van der Waals surface area contributed by atoms with Crippen molar-refractivity contribution in [1.82, 2.24) is 9.80 Å². The van der Waals surface area contributed by atoms with Gasteiger partial charge in [0.05, 0.1) is 25.4 Å². The molecule has 7 nitrogen and oxygen atoms in total. The van der Waals surface area contributed by atoms with E-state index >= 15 is 0 Å². The highest BCUT2D eigenvalue weighted by Crippen LogP contribution is 2.31. The summed E-state index contributed by atoms with van der Waals surface area (Å²) >= 11 is 0. The Morgan fingerprint density at radius 2 is 1.23 bits per heavy atom. The summed E-state index contributed by atoms with van der Waals surface area (Å²) in [6.45, 7) is 19.3. The van der Waals surface area contributed by atoms with E-state index in [0.717, 1.165) is 57.1 Å². The van der Waals surface area contributed by atoms with Crippen molar-refractivity contribution < 1.29 is 22.8 Å². The van der Waals surface area contributed by atoms with Crippen molar-refractivity contribution in [3.63, 3.8) is 0 Å². The monoisotopic (exact) mass is 514 g/mol. The molecule has 0 amide bonds. The minimum Gasteiger partial charge on any atom is -0.374 e. The highest BCUT2D eigenvalue weighted by atomic mass is 28.4. The number of hydrogen-bond donors (Lipinski definition) is 0. The molecule has 35 heavy (non-hydrogen) atoms. The summed E-state index contributed by atoms with van der Waals surface area (Å²) < 4.78 is 29.3. The van der Waals surface area contributed by atoms with Crippen molar-refractivity contribution in [3.05, 3.63) is 0 Å². The predicted octanol–water partition coefficient (Wildman–Crippen LogP) is 4.43. The average molecular weight is 515 g/mol. The molecule has 3 rings (SSSR count). The van der Waals surface area contributed by atoms with E-state index in [-0.39, 0.29) is 0 Å². The van der Waals surface area contributed by atoms with Crippen molar-refractivity contribution in [2.24, 2.45) is 11.8 Å². The standard InChI is InChI=1S/C27H54N2O5Si/c1-5-9-14-28(15-11-16-35(32-6-2,33-7-3)34-8-4)18-24-12-10-13-25(17-24)19-29(20-26-22-30-26)21-27-23-31-27/h24-27H,5-23H2,1-4H3. The van der Waals surface area contributed by atoms with Crippen LogP contribution in [0.15, 0.2) is 0 Å². The molecular formula is C27H54N2O5Si. The molecular weight excluding hydrogens is 460 g/mol. The van der Waals surface area contributed by atoms with Crippen LogP contribution in [0.3, 0.4) is 0 Å². The van der Waals surface area contributed by atoms with Crippen LogP contribution in [0.4, 0.5) is 0 Å². The lowest BCUT2D eigenvalue weighted by Crippen LogP contribution is -2.46. The minimum absolute atomic E-state index is 0.471. The maximum Gasteiger partial charge on any atom is 0.500 e. The SMILES string of the molecule is CCCCN(CCC[Si](OCC)(OCC)OCC)CC1CCCC(CN(CC2CO2)CC2CO2)C1. The highest BCUT2D eigenvalue weighted by molar-refractivity contribution is 6.60. The van der Waals surface area contributed by atoms with Gasteiger partial charge in [0, 0.05) is 52.0 Å². The quantitative estimate of drug-likeness (QED) is 0.166. The summed E-state index contributed by atoms with van der Waals surface area (Å²) in [6, 6.07) is 0.917. The molecule has 0 aromatic rings. The molecule has 0 bridgehead atoms. The summed E-state index contributed by atoms with van der Waals surface area (Å²) in [5.74, 6) is 1.63. The van der Waals surface area contributed by atoms with Crippen molar-refractivity contribution in [2.45, 2.75) is 90.9 Å². The molecule has 206 valence electrons. The van der Waals surface area contributed by atoms with Crippen molar-refractivity contribution in [2.75, 3.05) is 72.3 Å². The molecule has 0 spiro atoms. The van der Waals surface area contributed by atoms with Gasteiger partial charge < -0.3 is 27.7 Å². The van der Waals surface area contributed by atoms with E-state index in [9.17, 15) is 0 Å². The first-order valence-corrected chi connectivity index (χ1v) is 16.6. The summed E-state index contributed by atoms with van der Waals surface area (Å²) in [5.41, 5.74) is 0. The van der Waals surface area contributed by atoms with Gasteiger partial charge in [-0.15, -0.1) is 0 Å². The van der Waals surface area contributed by atoms with E-state index in [1.165, 1.54) is 58.2 Å². The van der Waals surface area contributed by atoms with E-state index in [1.54, 1.807) is 0 Å². The molecule has 2 saturated heterocycles. The molecule has 8 heteroatoms. The van der Waals surface area contributed by atoms with Gasteiger partial charge in [-0.05, 0) is 77.8 Å². The molecule has 2 aliphatic heterocycles. The maximum atomic E-state index is 6.09. The van der Waals surface area contributed by atoms with E-state index < -0.39 is 8.80 Å². The summed E-state index contributed by atoms with van der Waals surface area (Å²) in [5, 5.41) is 0. The molecule has 4 unspecified atom stereocenters. The van der Waals surface area contributed by atoms with Crippen molar-refractivity contribution in [1.29, 1.82) is 0 Å². The Morgan fingerprint density at radius 3 is 1.71 bits per heavy atom. The Morgan fingerprint density at radius 1 is 0.714 bits per heavy atom. The van der Waals surface area contributed by atoms with Gasteiger partial charge in [-0.2, -0.15) is 0 Å². The molecule has 1 saturated carbocycles. The maximum absolute atomic E-state index is 6.09. The molecule has 0 aromatic carbocycles. The van der Waals surface area contributed by atoms with Crippen molar-refractivity contribution in [3.8, 4) is 0 Å². The van der Waals surface area contributed by atoms with Gasteiger partial charge >= 0.3 is 8.80 Å². The first kappa shape index (κ1) is 29.5. The molecule has 1 aliphatic carbocycles. The zero-order valence-electron chi connectivity index (χ0n) is 23.2. The first-order valence-electron chi connectivity index (χ1n) is 14.7. The number of epoxide rings is 2. The second-order valence-electron chi connectivity index (χ2n) is 10.8. The summed E-state index contributed by atoms with van der Waals surface area (Å²) in [7, 11) is -2.54. The van der Waals surface area contributed by atoms with Gasteiger partial charge in [-0.25, -0.2) is 0 Å². The molecule has 4 atom stereocenters. The van der Waals surface area contributed by atoms with Crippen LogP contribution < -0.4 is 0 Å². The third-order valence-electron chi connectivity index (χ3n) is 7.53. The van der Waals surface area contributed by atoms with Gasteiger partial charge in [-0.3, -0.25) is 4.90 Å². The van der Waals surface area contributed by atoms with Gasteiger partial charge in [0.25, 0.3) is 0 Å². The first-order chi connectivity index (χ1) is 17.1. The lowest BCUT2D eigenvalue weighted by molar-refractivity contribution is 0.0693. The van der Waals surface area contributed by atoms with Gasteiger partial charge in [0.15, 0.2) is 0 Å². The Bertz CT molecular complexity index is 533. The van der Waals surface area contributed by atoms with Crippen LogP contribution in [0.5, 0.6) is 0 Å². The second kappa shape index (κ2) is 16.0. The van der Waals surface area contributed by atoms with Gasteiger partial charge in [-0.1, -0.05) is 19.8 Å². The number of ether oxygens (including phenoxy) is 2. The lowest BCUT2D eigenvalue weighted by Gasteiger charge is -2.36. The number of hydrogen-bond acceptors (Lipinski definition) is 7. The fourth-order valence-corrected chi connectivity index (χ4v) is 8.40. The molecule has 3 aliphatic rings. The van der Waals surface area contributed by atoms with Crippen LogP contribution in [-0.2, 0) is 22.8 Å². The Labute approximate surface area is 216 Å². The Hall–Kier alpha value is -0.0631. The van der Waals surface area contributed by atoms with Crippen LogP contribution in [-0.4, -0.2) is 103 Å². The molecule has 2 heterocycles. The topological polar surface area (TPSA) is 59.2 Å². The van der Waals surface area contributed by atoms with E-state index in [0.29, 0.717) is 32.0 Å². The third-order valence-corrected chi connectivity index (χ3v) is 10.7. The van der Waals surface area contributed by atoms with Crippen LogP contribution in [0.2, 0.25) is 6.04 Å². The van der Waals surface area contributed by atoms with Crippen LogP contribution in [0.25, 0.3) is 0 Å². The van der Waals surface area contributed by atoms with E-state index in [2.05, 4.69) is 16.7 Å². The van der Waals surface area contributed by atoms with Crippen LogP contribution in [0.1, 0.15) is 72.6 Å². The fraction of sp³-hybridized carbons (Fsp3) is 1.00. The largest absolute Gasteiger partial charge is 0.500 e. The zero-order chi connectivity index (χ0) is 24.9. The summed E-state index contributed by atoms with van der Waals surface area (Å²) in [4.78, 5) is 5.37. The molecule has 0 N–H and O–H groups in total. The van der Waals surface area contributed by atoms with Gasteiger partial charge in [0.2, 0.25) is 0 Å². The molecule has 0 radical (unpaired) electrons. The smallest absolute Gasteiger partial charge is 0.374 e. The van der Waals surface area contributed by atoms with Crippen molar-refractivity contribution >= 4 is 8.80 Å². The molecule has 3 fully saturated rings. The predicted molar refractivity (Wildman–Crippen MR) is 143 cm³/mol. The lowest BCUT2D eigenvalue weighted by atomic mass is 9.80. The van der Waals surface area contributed by atoms with Crippen LogP contribution in [0, 0.1) is 11.8 Å². The average Bonchev–Trinajstić information content (AvgIpc) is 3.76. The summed E-state index contributed by atoms with van der Waals surface area (Å²) in [6.07, 6.45) is 10.1. The normalized spacial score (nSPS) is 26.6. The van der Waals surface area contributed by atoms with E-state index in [4.69, 9.17) is 22.8 Å². The Balaban J connectivity index is 1.47. The molecule has 0 aromatic heterocycles. The van der Waals surface area contributed by atoms with Gasteiger partial charge in [0.1, 0.15) is 0 Å². The van der Waals surface area contributed by atoms with Crippen LogP contribution >= 0.6 is 0 Å². The number of rotatable bonds is 21. The Kier molecular flexibility index (Phi) is 13.5. The number of nitrogens with zero attached hydrogens (tertiary/aromatic N) is 2. The zero-order valence-corrected chi connectivity index (χ0v) is 24.2. The second-order valence-corrected chi connectivity index (χ2v) is 13.5. The fourth-order valence-electron chi connectivity index (χ4n) is 5.81. The highest BCUT2D eigenvalue weighted by Gasteiger charge is 2.40. The minimum atomic E-state index is -2.54. The van der Waals surface area contributed by atoms with E-state index in [1.807, 2.05) is 20.8 Å². The number of unbranched alkanes of at least 4 members (excludes halogenated alkanes) is 1. The third kappa shape index (κ3) is 11.5.